The lowest BCUT2D eigenvalue weighted by Gasteiger charge is -2.13. The number of ether oxygens (including phenoxy) is 1. The molecule has 0 amide bonds. The second-order valence-electron chi connectivity index (χ2n) is 5.69. The molecule has 1 rings (SSSR count). The van der Waals surface area contributed by atoms with Gasteiger partial charge in [-0.3, -0.25) is 0 Å². The Morgan fingerprint density at radius 2 is 1.79 bits per heavy atom. The van der Waals surface area contributed by atoms with Gasteiger partial charge >= 0.3 is 0 Å². The van der Waals surface area contributed by atoms with Crippen LogP contribution in [0.2, 0.25) is 0 Å². The summed E-state index contributed by atoms with van der Waals surface area (Å²) < 4.78 is 5.68. The van der Waals surface area contributed by atoms with Gasteiger partial charge in [0.05, 0.1) is 6.61 Å². The first-order valence-electron chi connectivity index (χ1n) is 7.50. The average Bonchev–Trinajstić information content (AvgIpc) is 2.41. The molecule has 1 aromatic rings. The molecule has 0 aliphatic rings. The van der Waals surface area contributed by atoms with E-state index in [1.807, 2.05) is 0 Å². The SMILES string of the molecule is CCNCC(C)c1ccc(COCCC(C)C)cc1. The summed E-state index contributed by atoms with van der Waals surface area (Å²) in [5.41, 5.74) is 2.66. The van der Waals surface area contributed by atoms with Crippen molar-refractivity contribution in [2.45, 2.75) is 46.6 Å². The second kappa shape index (κ2) is 9.11. The van der Waals surface area contributed by atoms with Gasteiger partial charge in [-0.25, -0.2) is 0 Å². The average molecular weight is 263 g/mol. The normalized spacial score (nSPS) is 12.9. The molecule has 19 heavy (non-hydrogen) atoms. The predicted octanol–water partition coefficient (Wildman–Crippen LogP) is 3.96. The van der Waals surface area contributed by atoms with E-state index in [9.17, 15) is 0 Å². The molecule has 0 fully saturated rings. The van der Waals surface area contributed by atoms with Gasteiger partial charge in [0.15, 0.2) is 0 Å². The summed E-state index contributed by atoms with van der Waals surface area (Å²) >= 11 is 0. The predicted molar refractivity (Wildman–Crippen MR) is 82.5 cm³/mol. The zero-order valence-electron chi connectivity index (χ0n) is 12.9. The smallest absolute Gasteiger partial charge is 0.0716 e. The maximum Gasteiger partial charge on any atom is 0.0716 e. The van der Waals surface area contributed by atoms with Crippen LogP contribution in [0.15, 0.2) is 24.3 Å². The Morgan fingerprint density at radius 3 is 2.37 bits per heavy atom. The molecule has 1 aromatic carbocycles. The van der Waals surface area contributed by atoms with E-state index in [0.29, 0.717) is 11.8 Å². The molecule has 0 saturated carbocycles. The fraction of sp³-hybridized carbons (Fsp3) is 0.647. The van der Waals surface area contributed by atoms with Crippen molar-refractivity contribution in [1.29, 1.82) is 0 Å². The number of likely N-dealkylation sites (N-methyl/N-ethyl adjacent to an activating group) is 1. The van der Waals surface area contributed by atoms with Gasteiger partial charge in [-0.2, -0.15) is 0 Å². The van der Waals surface area contributed by atoms with Crippen LogP contribution in [0.1, 0.15) is 51.2 Å². The third-order valence-electron chi connectivity index (χ3n) is 3.36. The van der Waals surface area contributed by atoms with E-state index >= 15 is 0 Å². The third-order valence-corrected chi connectivity index (χ3v) is 3.36. The van der Waals surface area contributed by atoms with Crippen molar-refractivity contribution in [3.63, 3.8) is 0 Å². The van der Waals surface area contributed by atoms with E-state index in [0.717, 1.165) is 32.7 Å². The molecule has 0 aliphatic carbocycles. The van der Waals surface area contributed by atoms with E-state index in [4.69, 9.17) is 4.74 Å². The minimum absolute atomic E-state index is 0.566. The van der Waals surface area contributed by atoms with E-state index in [2.05, 4.69) is 57.3 Å². The first kappa shape index (κ1) is 16.2. The quantitative estimate of drug-likeness (QED) is 0.681. The van der Waals surface area contributed by atoms with Gasteiger partial charge in [0, 0.05) is 13.2 Å². The lowest BCUT2D eigenvalue weighted by Crippen LogP contribution is -2.19. The summed E-state index contributed by atoms with van der Waals surface area (Å²) in [6.07, 6.45) is 1.14. The van der Waals surface area contributed by atoms with Crippen molar-refractivity contribution in [3.05, 3.63) is 35.4 Å². The lowest BCUT2D eigenvalue weighted by molar-refractivity contribution is 0.110. The highest BCUT2D eigenvalue weighted by Gasteiger charge is 2.04. The van der Waals surface area contributed by atoms with Crippen LogP contribution in [0.5, 0.6) is 0 Å². The Kier molecular flexibility index (Phi) is 7.76. The fourth-order valence-electron chi connectivity index (χ4n) is 1.93. The number of hydrogen-bond acceptors (Lipinski definition) is 2. The standard InChI is InChI=1S/C17H29NO/c1-5-18-12-15(4)17-8-6-16(7-9-17)13-19-11-10-14(2)3/h6-9,14-15,18H,5,10-13H2,1-4H3. The maximum atomic E-state index is 5.68. The molecule has 0 bridgehead atoms. The topological polar surface area (TPSA) is 21.3 Å². The van der Waals surface area contributed by atoms with Crippen molar-refractivity contribution >= 4 is 0 Å². The number of hydrogen-bond donors (Lipinski definition) is 1. The minimum Gasteiger partial charge on any atom is -0.377 e. The fourth-order valence-corrected chi connectivity index (χ4v) is 1.93. The molecule has 0 saturated heterocycles. The molecule has 0 aromatic heterocycles. The van der Waals surface area contributed by atoms with Crippen molar-refractivity contribution < 1.29 is 4.74 Å². The molecule has 0 radical (unpaired) electrons. The van der Waals surface area contributed by atoms with Gasteiger partial charge in [-0.1, -0.05) is 52.0 Å². The van der Waals surface area contributed by atoms with Gasteiger partial charge in [0.2, 0.25) is 0 Å². The minimum atomic E-state index is 0.566. The number of rotatable bonds is 9. The van der Waals surface area contributed by atoms with Crippen molar-refractivity contribution in [3.8, 4) is 0 Å². The number of benzene rings is 1. The van der Waals surface area contributed by atoms with Crippen LogP contribution >= 0.6 is 0 Å². The first-order chi connectivity index (χ1) is 9.13. The molecule has 108 valence electrons. The maximum absolute atomic E-state index is 5.68. The van der Waals surface area contributed by atoms with Gasteiger partial charge in [0.25, 0.3) is 0 Å². The Labute approximate surface area is 118 Å². The van der Waals surface area contributed by atoms with Crippen LogP contribution in [0.3, 0.4) is 0 Å². The van der Waals surface area contributed by atoms with Crippen LogP contribution in [0.4, 0.5) is 0 Å². The molecular formula is C17H29NO. The molecule has 2 nitrogen and oxygen atoms in total. The van der Waals surface area contributed by atoms with Crippen molar-refractivity contribution in [2.24, 2.45) is 5.92 Å². The molecule has 1 N–H and O–H groups in total. The Morgan fingerprint density at radius 1 is 1.11 bits per heavy atom. The highest BCUT2D eigenvalue weighted by molar-refractivity contribution is 5.24. The van der Waals surface area contributed by atoms with Gasteiger partial charge < -0.3 is 10.1 Å². The Hall–Kier alpha value is -0.860. The van der Waals surface area contributed by atoms with E-state index in [1.165, 1.54) is 11.1 Å². The lowest BCUT2D eigenvalue weighted by atomic mass is 10.00. The van der Waals surface area contributed by atoms with Crippen LogP contribution in [0.25, 0.3) is 0 Å². The zero-order chi connectivity index (χ0) is 14.1. The highest BCUT2D eigenvalue weighted by atomic mass is 16.5. The molecule has 0 aliphatic heterocycles. The number of nitrogens with one attached hydrogen (secondary N) is 1. The van der Waals surface area contributed by atoms with E-state index in [-0.39, 0.29) is 0 Å². The second-order valence-corrected chi connectivity index (χ2v) is 5.69. The summed E-state index contributed by atoms with van der Waals surface area (Å²) in [4.78, 5) is 0. The van der Waals surface area contributed by atoms with Gasteiger partial charge in [0.1, 0.15) is 0 Å². The zero-order valence-corrected chi connectivity index (χ0v) is 12.9. The Bertz CT molecular complexity index is 332. The van der Waals surface area contributed by atoms with E-state index < -0.39 is 0 Å². The Balaban J connectivity index is 2.34. The highest BCUT2D eigenvalue weighted by Crippen LogP contribution is 2.15. The summed E-state index contributed by atoms with van der Waals surface area (Å²) in [6.45, 7) is 12.5. The molecule has 1 atom stereocenters. The monoisotopic (exact) mass is 263 g/mol. The summed E-state index contributed by atoms with van der Waals surface area (Å²) in [6, 6.07) is 8.83. The van der Waals surface area contributed by atoms with Gasteiger partial charge in [-0.15, -0.1) is 0 Å². The molecule has 1 unspecified atom stereocenters. The van der Waals surface area contributed by atoms with E-state index in [1.54, 1.807) is 0 Å². The molecular weight excluding hydrogens is 234 g/mol. The first-order valence-corrected chi connectivity index (χ1v) is 7.50. The molecule has 2 heteroatoms. The molecule has 0 heterocycles. The molecule has 0 spiro atoms. The summed E-state index contributed by atoms with van der Waals surface area (Å²) in [5.74, 6) is 1.28. The van der Waals surface area contributed by atoms with Crippen LogP contribution in [-0.4, -0.2) is 19.7 Å². The van der Waals surface area contributed by atoms with Crippen LogP contribution in [-0.2, 0) is 11.3 Å². The third kappa shape index (κ3) is 6.74. The van der Waals surface area contributed by atoms with Crippen LogP contribution in [0, 0.1) is 5.92 Å². The van der Waals surface area contributed by atoms with Crippen molar-refractivity contribution in [1.82, 2.24) is 5.32 Å². The van der Waals surface area contributed by atoms with Gasteiger partial charge in [-0.05, 0) is 35.9 Å². The summed E-state index contributed by atoms with van der Waals surface area (Å²) in [7, 11) is 0. The summed E-state index contributed by atoms with van der Waals surface area (Å²) in [5, 5.41) is 3.39. The van der Waals surface area contributed by atoms with Crippen LogP contribution < -0.4 is 5.32 Å². The largest absolute Gasteiger partial charge is 0.377 e. The van der Waals surface area contributed by atoms with Crippen molar-refractivity contribution in [2.75, 3.05) is 19.7 Å².